The molecule has 1 heterocycles. The number of carbonyl (C=O) groups excluding carboxylic acids is 2. The third-order valence-electron chi connectivity index (χ3n) is 3.90. The lowest BCUT2D eigenvalue weighted by atomic mass is 9.98. The molecular formula is C20H22O7. The van der Waals surface area contributed by atoms with Crippen LogP contribution in [0.15, 0.2) is 18.2 Å². The summed E-state index contributed by atoms with van der Waals surface area (Å²) >= 11 is 0. The number of fused-ring (bicyclic) bond motifs is 2. The summed E-state index contributed by atoms with van der Waals surface area (Å²) in [7, 11) is 1.43. The number of carbonyl (C=O) groups is 2. The normalized spacial score (nSPS) is 12.6. The fourth-order valence-electron chi connectivity index (χ4n) is 2.88. The molecule has 0 spiro atoms. The van der Waals surface area contributed by atoms with E-state index < -0.39 is 11.9 Å². The van der Waals surface area contributed by atoms with Crippen molar-refractivity contribution in [3.8, 4) is 17.2 Å². The summed E-state index contributed by atoms with van der Waals surface area (Å²) in [6, 6.07) is 5.05. The van der Waals surface area contributed by atoms with E-state index in [1.807, 2.05) is 0 Å². The van der Waals surface area contributed by atoms with E-state index in [9.17, 15) is 9.59 Å². The summed E-state index contributed by atoms with van der Waals surface area (Å²) in [5, 5.41) is 1.27. The quantitative estimate of drug-likeness (QED) is 0.738. The van der Waals surface area contributed by atoms with Crippen LogP contribution in [0, 0.1) is 0 Å². The molecule has 7 nitrogen and oxygen atoms in total. The molecule has 1 aliphatic rings. The van der Waals surface area contributed by atoms with Crippen molar-refractivity contribution in [3.63, 3.8) is 0 Å². The van der Waals surface area contributed by atoms with Crippen molar-refractivity contribution >= 4 is 22.7 Å². The summed E-state index contributed by atoms with van der Waals surface area (Å²) in [4.78, 5) is 25.4. The lowest BCUT2D eigenvalue weighted by Gasteiger charge is -2.18. The number of rotatable bonds is 5. The summed E-state index contributed by atoms with van der Waals surface area (Å²) in [5.74, 6) is 0.0505. The van der Waals surface area contributed by atoms with Crippen LogP contribution >= 0.6 is 0 Å². The molecule has 2 aromatic rings. The van der Waals surface area contributed by atoms with Gasteiger partial charge in [-0.3, -0.25) is 0 Å². The maximum absolute atomic E-state index is 12.8. The fourth-order valence-corrected chi connectivity index (χ4v) is 2.88. The Morgan fingerprint density at radius 1 is 0.926 bits per heavy atom. The number of ether oxygens (including phenoxy) is 5. The molecule has 0 N–H and O–H groups in total. The van der Waals surface area contributed by atoms with Crippen molar-refractivity contribution < 1.29 is 33.3 Å². The van der Waals surface area contributed by atoms with Gasteiger partial charge in [-0.1, -0.05) is 0 Å². The molecule has 0 saturated heterocycles. The maximum Gasteiger partial charge on any atom is 0.343 e. The molecule has 0 aliphatic carbocycles. The van der Waals surface area contributed by atoms with Gasteiger partial charge in [0.2, 0.25) is 6.79 Å². The van der Waals surface area contributed by atoms with Crippen molar-refractivity contribution in [3.05, 3.63) is 29.3 Å². The van der Waals surface area contributed by atoms with Crippen LogP contribution in [0.5, 0.6) is 17.2 Å². The van der Waals surface area contributed by atoms with Crippen LogP contribution in [0.1, 0.15) is 48.4 Å². The highest BCUT2D eigenvalue weighted by atomic mass is 16.7. The van der Waals surface area contributed by atoms with Gasteiger partial charge in [-0.25, -0.2) is 9.59 Å². The molecule has 0 saturated carbocycles. The zero-order valence-electron chi connectivity index (χ0n) is 16.0. The monoisotopic (exact) mass is 374 g/mol. The molecule has 0 radical (unpaired) electrons. The van der Waals surface area contributed by atoms with Crippen LogP contribution in [0.25, 0.3) is 10.8 Å². The maximum atomic E-state index is 12.8. The van der Waals surface area contributed by atoms with Gasteiger partial charge in [0.1, 0.15) is 11.3 Å². The topological polar surface area (TPSA) is 80.3 Å². The first-order chi connectivity index (χ1) is 12.8. The largest absolute Gasteiger partial charge is 0.495 e. The summed E-state index contributed by atoms with van der Waals surface area (Å²) < 4.78 is 27.0. The van der Waals surface area contributed by atoms with Gasteiger partial charge >= 0.3 is 11.9 Å². The first-order valence-corrected chi connectivity index (χ1v) is 8.68. The van der Waals surface area contributed by atoms with Gasteiger partial charge < -0.3 is 23.7 Å². The van der Waals surface area contributed by atoms with Crippen molar-refractivity contribution in [2.45, 2.75) is 39.9 Å². The average Bonchev–Trinajstić information content (AvgIpc) is 3.03. The molecular weight excluding hydrogens is 352 g/mol. The predicted molar refractivity (Wildman–Crippen MR) is 97.7 cm³/mol. The fraction of sp³-hybridized carbons (Fsp3) is 0.400. The summed E-state index contributed by atoms with van der Waals surface area (Å²) in [6.07, 6.45) is -0.700. The van der Waals surface area contributed by atoms with Crippen LogP contribution in [0.2, 0.25) is 0 Å². The number of esters is 2. The number of benzene rings is 2. The van der Waals surface area contributed by atoms with E-state index in [4.69, 9.17) is 23.7 Å². The highest BCUT2D eigenvalue weighted by Gasteiger charge is 2.29. The van der Waals surface area contributed by atoms with Crippen LogP contribution in [-0.2, 0) is 9.47 Å². The first-order valence-electron chi connectivity index (χ1n) is 8.68. The van der Waals surface area contributed by atoms with E-state index >= 15 is 0 Å². The second-order valence-corrected chi connectivity index (χ2v) is 6.67. The Kier molecular flexibility index (Phi) is 5.12. The zero-order chi connectivity index (χ0) is 19.7. The van der Waals surface area contributed by atoms with E-state index in [2.05, 4.69) is 0 Å². The molecule has 7 heteroatoms. The molecule has 0 atom stereocenters. The number of hydrogen-bond acceptors (Lipinski definition) is 7. The highest BCUT2D eigenvalue weighted by Crippen LogP contribution is 2.42. The molecule has 0 bridgehead atoms. The average molecular weight is 374 g/mol. The molecule has 0 unspecified atom stereocenters. The lowest BCUT2D eigenvalue weighted by Crippen LogP contribution is -2.20. The van der Waals surface area contributed by atoms with Crippen molar-refractivity contribution in [2.75, 3.05) is 13.9 Å². The van der Waals surface area contributed by atoms with Crippen molar-refractivity contribution in [1.29, 1.82) is 0 Å². The number of methoxy groups -OCH3 is 1. The van der Waals surface area contributed by atoms with E-state index in [1.165, 1.54) is 7.11 Å². The zero-order valence-corrected chi connectivity index (χ0v) is 16.0. The van der Waals surface area contributed by atoms with Crippen LogP contribution < -0.4 is 14.2 Å². The molecule has 27 heavy (non-hydrogen) atoms. The van der Waals surface area contributed by atoms with Gasteiger partial charge in [-0.05, 0) is 51.3 Å². The van der Waals surface area contributed by atoms with Gasteiger partial charge in [-0.15, -0.1) is 0 Å². The standard InChI is InChI=1S/C20H22O7/c1-10(2)26-19(21)14-6-12-7-15-16(25-9-24-15)8-13(12)18(23-5)17(14)20(22)27-11(3)4/h6-8,10-11H,9H2,1-5H3. The molecule has 1 aliphatic heterocycles. The minimum Gasteiger partial charge on any atom is -0.495 e. The summed E-state index contributed by atoms with van der Waals surface area (Å²) in [5.41, 5.74) is 0.112. The van der Waals surface area contributed by atoms with Gasteiger partial charge in [0.25, 0.3) is 0 Å². The third kappa shape index (κ3) is 3.63. The molecule has 3 rings (SSSR count). The van der Waals surface area contributed by atoms with Gasteiger partial charge in [0, 0.05) is 5.39 Å². The Morgan fingerprint density at radius 3 is 2.11 bits per heavy atom. The minimum absolute atomic E-state index is 0.0308. The van der Waals surface area contributed by atoms with Crippen LogP contribution in [0.4, 0.5) is 0 Å². The first kappa shape index (κ1) is 18.8. The third-order valence-corrected chi connectivity index (χ3v) is 3.90. The van der Waals surface area contributed by atoms with Gasteiger partial charge in [0.15, 0.2) is 11.5 Å². The Labute approximate surface area is 157 Å². The molecule has 0 amide bonds. The van der Waals surface area contributed by atoms with Crippen LogP contribution in [-0.4, -0.2) is 38.0 Å². The van der Waals surface area contributed by atoms with E-state index in [-0.39, 0.29) is 35.9 Å². The Morgan fingerprint density at radius 2 is 1.52 bits per heavy atom. The highest BCUT2D eigenvalue weighted by molar-refractivity contribution is 6.11. The van der Waals surface area contributed by atoms with Crippen LogP contribution in [0.3, 0.4) is 0 Å². The molecule has 0 aromatic heterocycles. The van der Waals surface area contributed by atoms with Gasteiger partial charge in [-0.2, -0.15) is 0 Å². The van der Waals surface area contributed by atoms with E-state index in [1.54, 1.807) is 45.9 Å². The molecule has 144 valence electrons. The second-order valence-electron chi connectivity index (χ2n) is 6.67. The van der Waals surface area contributed by atoms with Crippen molar-refractivity contribution in [1.82, 2.24) is 0 Å². The van der Waals surface area contributed by atoms with Crippen molar-refractivity contribution in [2.24, 2.45) is 0 Å². The predicted octanol–water partition coefficient (Wildman–Crippen LogP) is 3.71. The minimum atomic E-state index is -0.655. The lowest BCUT2D eigenvalue weighted by molar-refractivity contribution is 0.0325. The SMILES string of the molecule is COc1c(C(=O)OC(C)C)c(C(=O)OC(C)C)cc2cc3c(cc12)OCO3. The summed E-state index contributed by atoms with van der Waals surface area (Å²) in [6.45, 7) is 7.05. The van der Waals surface area contributed by atoms with E-state index in [0.29, 0.717) is 22.3 Å². The number of hydrogen-bond donors (Lipinski definition) is 0. The Balaban J connectivity index is 2.27. The molecule has 0 fully saturated rings. The van der Waals surface area contributed by atoms with Gasteiger partial charge in [0.05, 0.1) is 24.9 Å². The Bertz CT molecular complexity index is 899. The second kappa shape index (κ2) is 7.34. The Hall–Kier alpha value is -2.96. The van der Waals surface area contributed by atoms with E-state index in [0.717, 1.165) is 0 Å². The smallest absolute Gasteiger partial charge is 0.343 e. The molecule has 2 aromatic carbocycles.